The van der Waals surface area contributed by atoms with Gasteiger partial charge in [0.2, 0.25) is 15.9 Å². The van der Waals surface area contributed by atoms with Crippen molar-refractivity contribution in [3.8, 4) is 12.3 Å². The van der Waals surface area contributed by atoms with Crippen LogP contribution in [0.4, 0.5) is 10.1 Å². The minimum atomic E-state index is -3.95. The smallest absolute Gasteiger partial charge is 0.254 e. The Hall–Kier alpha value is -4.00. The molecule has 3 rings (SSSR count). The zero-order valence-corrected chi connectivity index (χ0v) is 19.1. The number of halogens is 1. The molecular weight excluding hydrogens is 457 g/mol. The molecule has 0 fully saturated rings. The van der Waals surface area contributed by atoms with Gasteiger partial charge in [-0.15, -0.1) is 6.42 Å². The number of benzene rings is 3. The van der Waals surface area contributed by atoms with Gasteiger partial charge in [-0.25, -0.2) is 17.9 Å². The first-order valence-corrected chi connectivity index (χ1v) is 11.7. The average Bonchev–Trinajstić information content (AvgIpc) is 2.79. The number of hydrogen-bond acceptors (Lipinski definition) is 4. The Kier molecular flexibility index (Phi) is 7.46. The van der Waals surface area contributed by atoms with Gasteiger partial charge in [-0.05, 0) is 60.5 Å². The van der Waals surface area contributed by atoms with Gasteiger partial charge in [-0.3, -0.25) is 9.59 Å². The second kappa shape index (κ2) is 10.3. The molecule has 0 aliphatic heterocycles. The maximum atomic E-state index is 13.9. The van der Waals surface area contributed by atoms with Crippen molar-refractivity contribution < 1.29 is 22.4 Å². The zero-order valence-electron chi connectivity index (χ0n) is 18.3. The number of amides is 2. The summed E-state index contributed by atoms with van der Waals surface area (Å²) in [7, 11) is -3.95. The molecule has 3 N–H and O–H groups in total. The van der Waals surface area contributed by atoms with Gasteiger partial charge >= 0.3 is 0 Å². The molecule has 0 bridgehead atoms. The van der Waals surface area contributed by atoms with Crippen LogP contribution in [0.5, 0.6) is 0 Å². The van der Waals surface area contributed by atoms with Crippen LogP contribution >= 0.6 is 0 Å². The van der Waals surface area contributed by atoms with Crippen LogP contribution in [0.15, 0.2) is 71.6 Å². The second-order valence-electron chi connectivity index (χ2n) is 7.56. The highest BCUT2D eigenvalue weighted by molar-refractivity contribution is 7.89. The number of anilines is 1. The molecule has 0 spiro atoms. The van der Waals surface area contributed by atoms with Crippen molar-refractivity contribution in [3.63, 3.8) is 0 Å². The number of rotatable bonds is 7. The molecule has 9 heteroatoms. The summed E-state index contributed by atoms with van der Waals surface area (Å²) >= 11 is 0. The largest absolute Gasteiger partial charge is 0.325 e. The third kappa shape index (κ3) is 6.07. The van der Waals surface area contributed by atoms with E-state index in [1.165, 1.54) is 48.2 Å². The number of nitrogens with zero attached hydrogens (tertiary/aromatic N) is 1. The Morgan fingerprint density at radius 1 is 1.09 bits per heavy atom. The van der Waals surface area contributed by atoms with Gasteiger partial charge in [0, 0.05) is 17.7 Å². The van der Waals surface area contributed by atoms with E-state index in [0.29, 0.717) is 16.7 Å². The SMILES string of the molecule is C#Cc1ccc(CN(CC(=O)Nc2ccccc2F)C(=O)c2ccc(S(N)(=O)=O)c(C)c2)cc1. The third-order valence-electron chi connectivity index (χ3n) is 4.99. The van der Waals surface area contributed by atoms with E-state index in [-0.39, 0.29) is 29.2 Å². The molecule has 0 unspecified atom stereocenters. The molecule has 7 nitrogen and oxygen atoms in total. The standard InChI is InChI=1S/C25H22FN3O4S/c1-3-18-8-10-19(11-9-18)15-29(16-24(30)28-22-7-5-4-6-21(22)26)25(31)20-12-13-23(17(2)14-20)34(27,32)33/h1,4-14H,15-16H2,2H3,(H,28,30)(H2,27,32,33). The summed E-state index contributed by atoms with van der Waals surface area (Å²) in [5, 5.41) is 7.66. The molecule has 0 aliphatic carbocycles. The lowest BCUT2D eigenvalue weighted by Crippen LogP contribution is -2.37. The first kappa shape index (κ1) is 24.6. The van der Waals surface area contributed by atoms with Crippen LogP contribution in [0.1, 0.15) is 27.0 Å². The number of para-hydroxylation sites is 1. The van der Waals surface area contributed by atoms with Gasteiger partial charge in [0.25, 0.3) is 5.91 Å². The topological polar surface area (TPSA) is 110 Å². The van der Waals surface area contributed by atoms with Crippen molar-refractivity contribution in [1.82, 2.24) is 4.90 Å². The Bertz CT molecular complexity index is 1380. The molecule has 174 valence electrons. The van der Waals surface area contributed by atoms with Crippen LogP contribution in [0, 0.1) is 25.1 Å². The van der Waals surface area contributed by atoms with E-state index in [1.54, 1.807) is 30.3 Å². The zero-order chi connectivity index (χ0) is 24.9. The summed E-state index contributed by atoms with van der Waals surface area (Å²) in [5.41, 5.74) is 1.83. The summed E-state index contributed by atoms with van der Waals surface area (Å²) in [6.45, 7) is 1.20. The average molecular weight is 480 g/mol. The fourth-order valence-electron chi connectivity index (χ4n) is 3.34. The monoisotopic (exact) mass is 479 g/mol. The number of primary sulfonamides is 1. The highest BCUT2D eigenvalue weighted by atomic mass is 32.2. The van der Waals surface area contributed by atoms with E-state index in [4.69, 9.17) is 11.6 Å². The lowest BCUT2D eigenvalue weighted by atomic mass is 10.1. The molecule has 0 aliphatic rings. The quantitative estimate of drug-likeness (QED) is 0.508. The number of carbonyl (C=O) groups is 2. The predicted molar refractivity (Wildman–Crippen MR) is 127 cm³/mol. The number of carbonyl (C=O) groups excluding carboxylic acids is 2. The molecule has 0 heterocycles. The van der Waals surface area contributed by atoms with Crippen LogP contribution < -0.4 is 10.5 Å². The second-order valence-corrected chi connectivity index (χ2v) is 9.09. The number of hydrogen-bond donors (Lipinski definition) is 2. The van der Waals surface area contributed by atoms with Crippen LogP contribution in [0.2, 0.25) is 0 Å². The maximum absolute atomic E-state index is 13.9. The van der Waals surface area contributed by atoms with Gasteiger partial charge in [0.15, 0.2) is 0 Å². The summed E-state index contributed by atoms with van der Waals surface area (Å²) in [4.78, 5) is 27.1. The van der Waals surface area contributed by atoms with Crippen molar-refractivity contribution in [2.45, 2.75) is 18.4 Å². The lowest BCUT2D eigenvalue weighted by molar-refractivity contribution is -0.117. The highest BCUT2D eigenvalue weighted by Crippen LogP contribution is 2.19. The van der Waals surface area contributed by atoms with Crippen molar-refractivity contribution in [2.24, 2.45) is 5.14 Å². The fourth-order valence-corrected chi connectivity index (χ4v) is 4.10. The molecule has 34 heavy (non-hydrogen) atoms. The summed E-state index contributed by atoms with van der Waals surface area (Å²) in [6.07, 6.45) is 5.38. The molecule has 0 atom stereocenters. The Morgan fingerprint density at radius 2 is 1.76 bits per heavy atom. The van der Waals surface area contributed by atoms with E-state index < -0.39 is 27.7 Å². The Labute approximate surface area is 197 Å². The Balaban J connectivity index is 1.89. The van der Waals surface area contributed by atoms with E-state index in [9.17, 15) is 22.4 Å². The van der Waals surface area contributed by atoms with Crippen molar-refractivity contribution in [3.05, 3.63) is 94.8 Å². The van der Waals surface area contributed by atoms with E-state index in [2.05, 4.69) is 11.2 Å². The van der Waals surface area contributed by atoms with Crippen LogP contribution in [-0.4, -0.2) is 31.7 Å². The summed E-state index contributed by atoms with van der Waals surface area (Å²) in [5.74, 6) is 0.781. The maximum Gasteiger partial charge on any atom is 0.254 e. The first-order chi connectivity index (χ1) is 16.1. The minimum Gasteiger partial charge on any atom is -0.325 e. The normalized spacial score (nSPS) is 10.9. The first-order valence-electron chi connectivity index (χ1n) is 10.1. The number of sulfonamides is 1. The van der Waals surface area contributed by atoms with Gasteiger partial charge in [-0.1, -0.05) is 30.2 Å². The van der Waals surface area contributed by atoms with Gasteiger partial charge in [-0.2, -0.15) is 0 Å². The molecule has 3 aromatic carbocycles. The lowest BCUT2D eigenvalue weighted by Gasteiger charge is -2.23. The van der Waals surface area contributed by atoms with Crippen molar-refractivity contribution in [2.75, 3.05) is 11.9 Å². The van der Waals surface area contributed by atoms with Crippen LogP contribution in [-0.2, 0) is 21.4 Å². The van der Waals surface area contributed by atoms with E-state index >= 15 is 0 Å². The number of aryl methyl sites for hydroxylation is 1. The molecule has 2 amide bonds. The van der Waals surface area contributed by atoms with Gasteiger partial charge in [0.05, 0.1) is 10.6 Å². The number of terminal acetylenes is 1. The Morgan fingerprint density at radius 3 is 2.35 bits per heavy atom. The molecule has 3 aromatic rings. The van der Waals surface area contributed by atoms with Crippen molar-refractivity contribution in [1.29, 1.82) is 0 Å². The van der Waals surface area contributed by atoms with Gasteiger partial charge in [0.1, 0.15) is 12.4 Å². The predicted octanol–water partition coefficient (Wildman–Crippen LogP) is 3.04. The molecule has 0 saturated carbocycles. The van der Waals surface area contributed by atoms with E-state index in [1.807, 2.05) is 0 Å². The highest BCUT2D eigenvalue weighted by Gasteiger charge is 2.22. The van der Waals surface area contributed by atoms with Crippen LogP contribution in [0.25, 0.3) is 0 Å². The minimum absolute atomic E-state index is 0.00776. The van der Waals surface area contributed by atoms with Gasteiger partial charge < -0.3 is 10.2 Å². The molecule has 0 aromatic heterocycles. The van der Waals surface area contributed by atoms with Crippen molar-refractivity contribution >= 4 is 27.5 Å². The summed E-state index contributed by atoms with van der Waals surface area (Å²) in [6, 6.07) is 16.6. The molecular formula is C25H22FN3O4S. The molecule has 0 radical (unpaired) electrons. The summed E-state index contributed by atoms with van der Waals surface area (Å²) < 4.78 is 37.3. The number of nitrogens with two attached hydrogens (primary N) is 1. The molecule has 0 saturated heterocycles. The van der Waals surface area contributed by atoms with Crippen LogP contribution in [0.3, 0.4) is 0 Å². The number of nitrogens with one attached hydrogen (secondary N) is 1. The third-order valence-corrected chi connectivity index (χ3v) is 6.06. The van der Waals surface area contributed by atoms with E-state index in [0.717, 1.165) is 0 Å². The fraction of sp³-hybridized carbons (Fsp3) is 0.120.